The number of anilines is 1. The highest BCUT2D eigenvalue weighted by Crippen LogP contribution is 2.11. The Morgan fingerprint density at radius 1 is 1.32 bits per heavy atom. The van der Waals surface area contributed by atoms with Crippen LogP contribution in [0.3, 0.4) is 0 Å². The van der Waals surface area contributed by atoms with Crippen LogP contribution in [0.4, 0.5) is 5.69 Å². The summed E-state index contributed by atoms with van der Waals surface area (Å²) in [7, 11) is -3.31. The van der Waals surface area contributed by atoms with E-state index < -0.39 is 10.0 Å². The first-order valence-corrected chi connectivity index (χ1v) is 7.66. The summed E-state index contributed by atoms with van der Waals surface area (Å²) in [4.78, 5) is 11.8. The second-order valence-electron chi connectivity index (χ2n) is 4.34. The molecule has 0 bridgehead atoms. The largest absolute Gasteiger partial charge is 0.395 e. The van der Waals surface area contributed by atoms with Gasteiger partial charge in [0.2, 0.25) is 10.0 Å². The lowest BCUT2D eigenvalue weighted by Crippen LogP contribution is -2.33. The summed E-state index contributed by atoms with van der Waals surface area (Å²) >= 11 is 0. The fraction of sp³-hybridized carbons (Fsp3) is 0.417. The Hall–Kier alpha value is -1.44. The summed E-state index contributed by atoms with van der Waals surface area (Å²) in [6.07, 6.45) is 1.06. The van der Waals surface area contributed by atoms with Crippen LogP contribution in [-0.4, -0.2) is 44.8 Å². The van der Waals surface area contributed by atoms with Gasteiger partial charge in [0.15, 0.2) is 5.78 Å². The zero-order valence-corrected chi connectivity index (χ0v) is 11.7. The molecule has 3 N–H and O–H groups in total. The first-order valence-electron chi connectivity index (χ1n) is 5.77. The second kappa shape index (κ2) is 6.65. The molecule has 19 heavy (non-hydrogen) atoms. The van der Waals surface area contributed by atoms with E-state index in [0.717, 1.165) is 6.26 Å². The number of carbonyl (C=O) groups is 1. The van der Waals surface area contributed by atoms with E-state index in [4.69, 9.17) is 5.11 Å². The molecule has 0 aliphatic carbocycles. The molecule has 1 rings (SSSR count). The van der Waals surface area contributed by atoms with Gasteiger partial charge < -0.3 is 10.4 Å². The molecule has 1 aromatic carbocycles. The summed E-state index contributed by atoms with van der Waals surface area (Å²) < 4.78 is 24.4. The molecule has 0 amide bonds. The van der Waals surface area contributed by atoms with E-state index >= 15 is 0 Å². The van der Waals surface area contributed by atoms with Crippen molar-refractivity contribution in [2.24, 2.45) is 0 Å². The van der Waals surface area contributed by atoms with Gasteiger partial charge in [0.1, 0.15) is 0 Å². The van der Waals surface area contributed by atoms with Gasteiger partial charge in [0.25, 0.3) is 0 Å². The zero-order chi connectivity index (χ0) is 14.5. The molecular formula is C12H18N2O4S. The van der Waals surface area contributed by atoms with Crippen LogP contribution in [0.1, 0.15) is 17.3 Å². The van der Waals surface area contributed by atoms with E-state index in [1.807, 2.05) is 0 Å². The van der Waals surface area contributed by atoms with E-state index in [1.54, 1.807) is 19.1 Å². The number of ketones is 1. The fourth-order valence-corrected chi connectivity index (χ4v) is 1.94. The van der Waals surface area contributed by atoms with Gasteiger partial charge in [0, 0.05) is 17.3 Å². The number of Topliss-reactive ketones (excluding diaryl/α,β-unsaturated/α-hetero) is 1. The molecule has 6 nitrogen and oxygen atoms in total. The van der Waals surface area contributed by atoms with Gasteiger partial charge in [-0.15, -0.1) is 0 Å². The summed E-state index contributed by atoms with van der Waals surface area (Å²) in [6.45, 7) is 1.86. The van der Waals surface area contributed by atoms with Crippen molar-refractivity contribution in [3.05, 3.63) is 29.8 Å². The molecule has 0 fully saturated rings. The Morgan fingerprint density at radius 2 is 1.89 bits per heavy atom. The Labute approximate surface area is 112 Å². The number of aliphatic hydroxyl groups excluding tert-OH is 1. The maximum absolute atomic E-state index is 11.8. The van der Waals surface area contributed by atoms with Crippen molar-refractivity contribution in [2.75, 3.05) is 24.1 Å². The molecule has 0 spiro atoms. The smallest absolute Gasteiger partial charge is 0.229 e. The number of hydrogen-bond donors (Lipinski definition) is 3. The molecule has 0 aliphatic heterocycles. The van der Waals surface area contributed by atoms with Crippen molar-refractivity contribution in [2.45, 2.75) is 13.0 Å². The average Bonchev–Trinajstić information content (AvgIpc) is 2.34. The van der Waals surface area contributed by atoms with E-state index in [0.29, 0.717) is 11.3 Å². The molecule has 1 unspecified atom stereocenters. The van der Waals surface area contributed by atoms with Gasteiger partial charge in [-0.25, -0.2) is 8.42 Å². The van der Waals surface area contributed by atoms with Gasteiger partial charge in [0.05, 0.1) is 19.4 Å². The van der Waals surface area contributed by atoms with Crippen LogP contribution >= 0.6 is 0 Å². The molecule has 0 aromatic heterocycles. The number of nitrogens with one attached hydrogen (secondary N) is 2. The van der Waals surface area contributed by atoms with Crippen LogP contribution in [0.15, 0.2) is 24.3 Å². The molecule has 0 aliphatic rings. The molecule has 1 atom stereocenters. The number of hydrogen-bond acceptors (Lipinski definition) is 5. The lowest BCUT2D eigenvalue weighted by Gasteiger charge is -2.10. The number of carbonyl (C=O) groups excluding carboxylic acids is 1. The number of benzene rings is 1. The maximum Gasteiger partial charge on any atom is 0.229 e. The van der Waals surface area contributed by atoms with Gasteiger partial charge in [-0.1, -0.05) is 0 Å². The Morgan fingerprint density at radius 3 is 2.37 bits per heavy atom. The van der Waals surface area contributed by atoms with E-state index in [9.17, 15) is 13.2 Å². The van der Waals surface area contributed by atoms with E-state index in [1.165, 1.54) is 12.1 Å². The molecule has 106 valence electrons. The van der Waals surface area contributed by atoms with Crippen molar-refractivity contribution >= 4 is 21.5 Å². The van der Waals surface area contributed by atoms with Crippen LogP contribution in [0.2, 0.25) is 0 Å². The minimum atomic E-state index is -3.31. The first-order chi connectivity index (χ1) is 8.81. The lowest BCUT2D eigenvalue weighted by atomic mass is 10.1. The highest BCUT2D eigenvalue weighted by molar-refractivity contribution is 7.92. The number of sulfonamides is 1. The standard InChI is InChI=1S/C12H18N2O4S/c1-9(8-15)13-7-12(16)10-3-5-11(6-4-10)14-19(2,17)18/h3-6,9,13-15H,7-8H2,1-2H3. The summed E-state index contributed by atoms with van der Waals surface area (Å²) in [6, 6.07) is 6.03. The predicted octanol–water partition coefficient (Wildman–Crippen LogP) is 0.211. The molecule has 0 saturated carbocycles. The van der Waals surface area contributed by atoms with Gasteiger partial charge in [-0.3, -0.25) is 9.52 Å². The Kier molecular flexibility index (Phi) is 5.46. The summed E-state index contributed by atoms with van der Waals surface area (Å²) in [5, 5.41) is 11.7. The Balaban J connectivity index is 2.63. The molecular weight excluding hydrogens is 268 g/mol. The van der Waals surface area contributed by atoms with Crippen molar-refractivity contribution in [3.63, 3.8) is 0 Å². The van der Waals surface area contributed by atoms with Crippen molar-refractivity contribution in [1.29, 1.82) is 0 Å². The van der Waals surface area contributed by atoms with Crippen molar-refractivity contribution < 1.29 is 18.3 Å². The minimum Gasteiger partial charge on any atom is -0.395 e. The summed E-state index contributed by atoms with van der Waals surface area (Å²) in [5.41, 5.74) is 0.896. The molecule has 1 aromatic rings. The highest BCUT2D eigenvalue weighted by atomic mass is 32.2. The predicted molar refractivity (Wildman–Crippen MR) is 73.8 cm³/mol. The van der Waals surface area contributed by atoms with Gasteiger partial charge in [-0.05, 0) is 31.2 Å². The van der Waals surface area contributed by atoms with Crippen molar-refractivity contribution in [3.8, 4) is 0 Å². The average molecular weight is 286 g/mol. The minimum absolute atomic E-state index is 0.0372. The topological polar surface area (TPSA) is 95.5 Å². The molecule has 0 saturated heterocycles. The first kappa shape index (κ1) is 15.6. The second-order valence-corrected chi connectivity index (χ2v) is 6.09. The zero-order valence-electron chi connectivity index (χ0n) is 10.9. The maximum atomic E-state index is 11.8. The SMILES string of the molecule is CC(CO)NCC(=O)c1ccc(NS(C)(=O)=O)cc1. The molecule has 0 radical (unpaired) electrons. The monoisotopic (exact) mass is 286 g/mol. The third kappa shape index (κ3) is 5.82. The Bertz CT molecular complexity index is 525. The quantitative estimate of drug-likeness (QED) is 0.623. The summed E-state index contributed by atoms with van der Waals surface area (Å²) in [5.74, 6) is -0.119. The van der Waals surface area contributed by atoms with Crippen LogP contribution < -0.4 is 10.0 Å². The fourth-order valence-electron chi connectivity index (χ4n) is 1.37. The van der Waals surface area contributed by atoms with Gasteiger partial charge >= 0.3 is 0 Å². The van der Waals surface area contributed by atoms with E-state index in [-0.39, 0.29) is 25.0 Å². The third-order valence-corrected chi connectivity index (χ3v) is 3.00. The van der Waals surface area contributed by atoms with Crippen molar-refractivity contribution in [1.82, 2.24) is 5.32 Å². The number of aliphatic hydroxyl groups is 1. The van der Waals surface area contributed by atoms with Crippen LogP contribution in [0, 0.1) is 0 Å². The van der Waals surface area contributed by atoms with Crippen LogP contribution in [0.25, 0.3) is 0 Å². The molecule has 7 heteroatoms. The number of rotatable bonds is 7. The highest BCUT2D eigenvalue weighted by Gasteiger charge is 2.08. The van der Waals surface area contributed by atoms with Crippen LogP contribution in [-0.2, 0) is 10.0 Å². The third-order valence-electron chi connectivity index (χ3n) is 2.40. The van der Waals surface area contributed by atoms with Crippen LogP contribution in [0.5, 0.6) is 0 Å². The van der Waals surface area contributed by atoms with E-state index in [2.05, 4.69) is 10.0 Å². The lowest BCUT2D eigenvalue weighted by molar-refractivity contribution is 0.0984. The normalized spacial score (nSPS) is 13.0. The molecule has 0 heterocycles. The van der Waals surface area contributed by atoms with Gasteiger partial charge in [-0.2, -0.15) is 0 Å².